The van der Waals surface area contributed by atoms with Crippen LogP contribution in [0, 0.1) is 5.92 Å². The van der Waals surface area contributed by atoms with Gasteiger partial charge >= 0.3 is 5.97 Å². The van der Waals surface area contributed by atoms with E-state index >= 15 is 0 Å². The molecule has 1 aromatic heterocycles. The number of aliphatic carboxylic acids is 1. The number of hydrogen-bond acceptors (Lipinski definition) is 3. The molecule has 1 aliphatic heterocycles. The first-order valence-corrected chi connectivity index (χ1v) is 8.18. The summed E-state index contributed by atoms with van der Waals surface area (Å²) in [6.45, 7) is 0.604. The van der Waals surface area contributed by atoms with Crippen LogP contribution in [0.3, 0.4) is 0 Å². The second kappa shape index (κ2) is 5.43. The summed E-state index contributed by atoms with van der Waals surface area (Å²) in [5, 5.41) is 10.7. The molecule has 0 amide bonds. The molecular formula is C18H21NO3. The van der Waals surface area contributed by atoms with E-state index in [4.69, 9.17) is 4.42 Å². The van der Waals surface area contributed by atoms with E-state index in [1.165, 1.54) is 19.3 Å². The van der Waals surface area contributed by atoms with Crippen LogP contribution in [0.4, 0.5) is 0 Å². The lowest BCUT2D eigenvalue weighted by Gasteiger charge is -2.32. The molecule has 2 fully saturated rings. The fourth-order valence-electron chi connectivity index (χ4n) is 4.32. The molecule has 4 heteroatoms. The van der Waals surface area contributed by atoms with Gasteiger partial charge in [0.25, 0.3) is 0 Å². The number of carbonyl (C=O) groups is 1. The van der Waals surface area contributed by atoms with Crippen molar-refractivity contribution in [3.05, 3.63) is 36.1 Å². The maximum absolute atomic E-state index is 11.6. The van der Waals surface area contributed by atoms with E-state index in [9.17, 15) is 9.90 Å². The molecular weight excluding hydrogens is 278 g/mol. The van der Waals surface area contributed by atoms with Crippen molar-refractivity contribution in [2.75, 3.05) is 0 Å². The van der Waals surface area contributed by atoms with Crippen molar-refractivity contribution in [2.24, 2.45) is 5.92 Å². The zero-order valence-corrected chi connectivity index (χ0v) is 12.6. The number of likely N-dealkylation sites (tertiary alicyclic amines) is 1. The molecule has 0 bridgehead atoms. The Kier molecular flexibility index (Phi) is 3.41. The molecule has 2 aromatic rings. The van der Waals surface area contributed by atoms with Crippen molar-refractivity contribution >= 4 is 16.9 Å². The first-order chi connectivity index (χ1) is 10.7. The second-order valence-electron chi connectivity index (χ2n) is 6.62. The van der Waals surface area contributed by atoms with E-state index in [1.54, 1.807) is 0 Å². The van der Waals surface area contributed by atoms with E-state index in [0.29, 0.717) is 18.5 Å². The lowest BCUT2D eigenvalue weighted by Crippen LogP contribution is -2.41. The summed E-state index contributed by atoms with van der Waals surface area (Å²) in [7, 11) is 0. The van der Waals surface area contributed by atoms with Crippen LogP contribution in [-0.4, -0.2) is 28.1 Å². The number of nitrogens with zero attached hydrogens (tertiary/aromatic N) is 1. The molecule has 3 unspecified atom stereocenters. The number of furan rings is 1. The van der Waals surface area contributed by atoms with Crippen LogP contribution in [0.1, 0.15) is 37.9 Å². The average Bonchev–Trinajstić information content (AvgIpc) is 3.09. The lowest BCUT2D eigenvalue weighted by atomic mass is 9.85. The molecule has 2 heterocycles. The highest BCUT2D eigenvalue weighted by Gasteiger charge is 2.45. The molecule has 116 valence electrons. The zero-order chi connectivity index (χ0) is 15.1. The predicted octanol–water partition coefficient (Wildman–Crippen LogP) is 3.65. The average molecular weight is 299 g/mol. The topological polar surface area (TPSA) is 53.7 Å². The molecule has 4 rings (SSSR count). The predicted molar refractivity (Wildman–Crippen MR) is 83.5 cm³/mol. The van der Waals surface area contributed by atoms with Gasteiger partial charge in [-0.3, -0.25) is 9.69 Å². The normalized spacial score (nSPS) is 28.8. The van der Waals surface area contributed by atoms with Gasteiger partial charge in [0.1, 0.15) is 17.4 Å². The van der Waals surface area contributed by atoms with Crippen molar-refractivity contribution in [3.8, 4) is 0 Å². The molecule has 0 spiro atoms. The Morgan fingerprint density at radius 3 is 2.91 bits per heavy atom. The zero-order valence-electron chi connectivity index (χ0n) is 12.6. The Morgan fingerprint density at radius 1 is 1.27 bits per heavy atom. The van der Waals surface area contributed by atoms with Gasteiger partial charge in [-0.1, -0.05) is 31.0 Å². The van der Waals surface area contributed by atoms with E-state index < -0.39 is 5.97 Å². The van der Waals surface area contributed by atoms with Gasteiger partial charge in [0.2, 0.25) is 0 Å². The van der Waals surface area contributed by atoms with Crippen molar-refractivity contribution in [3.63, 3.8) is 0 Å². The van der Waals surface area contributed by atoms with Crippen molar-refractivity contribution < 1.29 is 14.3 Å². The Bertz CT molecular complexity index is 659. The fourth-order valence-corrected chi connectivity index (χ4v) is 4.32. The number of para-hydroxylation sites is 1. The van der Waals surface area contributed by atoms with E-state index in [1.807, 2.05) is 30.3 Å². The summed E-state index contributed by atoms with van der Waals surface area (Å²) in [6, 6.07) is 10.0. The van der Waals surface area contributed by atoms with Crippen LogP contribution in [-0.2, 0) is 11.3 Å². The van der Waals surface area contributed by atoms with Crippen LogP contribution in [0.25, 0.3) is 11.0 Å². The smallest absolute Gasteiger partial charge is 0.320 e. The Morgan fingerprint density at radius 2 is 2.09 bits per heavy atom. The Balaban J connectivity index is 1.62. The highest BCUT2D eigenvalue weighted by Crippen LogP contribution is 2.40. The minimum Gasteiger partial charge on any atom is -0.480 e. The molecule has 2 aliphatic rings. The monoisotopic (exact) mass is 299 g/mol. The quantitative estimate of drug-likeness (QED) is 0.940. The minimum absolute atomic E-state index is 0.360. The summed E-state index contributed by atoms with van der Waals surface area (Å²) in [5.74, 6) is 0.725. The van der Waals surface area contributed by atoms with Crippen LogP contribution in [0.2, 0.25) is 0 Å². The third kappa shape index (κ3) is 2.31. The molecule has 1 saturated carbocycles. The standard InChI is InChI=1S/C18H21NO3/c20-18(21)16-10-12-5-1-3-7-15(12)19(16)11-14-9-13-6-2-4-8-17(13)22-14/h2,4,6,8-9,12,15-16H,1,3,5,7,10-11H2,(H,20,21). The highest BCUT2D eigenvalue weighted by atomic mass is 16.4. The number of benzene rings is 1. The first kappa shape index (κ1) is 13.8. The van der Waals surface area contributed by atoms with Gasteiger partial charge in [-0.05, 0) is 37.3 Å². The van der Waals surface area contributed by atoms with Gasteiger partial charge in [-0.25, -0.2) is 0 Å². The summed E-state index contributed by atoms with van der Waals surface area (Å²) in [6.07, 6.45) is 5.54. The maximum Gasteiger partial charge on any atom is 0.320 e. The highest BCUT2D eigenvalue weighted by molar-refractivity contribution is 5.77. The third-order valence-corrected chi connectivity index (χ3v) is 5.32. The fraction of sp³-hybridized carbons (Fsp3) is 0.500. The van der Waals surface area contributed by atoms with Crippen molar-refractivity contribution in [1.82, 2.24) is 4.90 Å². The number of fused-ring (bicyclic) bond motifs is 2. The van der Waals surface area contributed by atoms with Crippen LogP contribution >= 0.6 is 0 Å². The maximum atomic E-state index is 11.6. The van der Waals surface area contributed by atoms with Crippen molar-refractivity contribution in [2.45, 2.75) is 50.7 Å². The largest absolute Gasteiger partial charge is 0.480 e. The third-order valence-electron chi connectivity index (χ3n) is 5.32. The van der Waals surface area contributed by atoms with Crippen molar-refractivity contribution in [1.29, 1.82) is 0 Å². The molecule has 1 aliphatic carbocycles. The molecule has 4 nitrogen and oxygen atoms in total. The summed E-state index contributed by atoms with van der Waals surface area (Å²) in [4.78, 5) is 13.8. The summed E-state index contributed by atoms with van der Waals surface area (Å²) >= 11 is 0. The molecule has 1 saturated heterocycles. The van der Waals surface area contributed by atoms with Gasteiger partial charge in [-0.15, -0.1) is 0 Å². The number of rotatable bonds is 3. The second-order valence-corrected chi connectivity index (χ2v) is 6.62. The SMILES string of the molecule is O=C(O)C1CC2CCCCC2N1Cc1cc2ccccc2o1. The number of carboxylic acid groups (broad SMARTS) is 1. The molecule has 3 atom stereocenters. The van der Waals surface area contributed by atoms with Crippen LogP contribution in [0.5, 0.6) is 0 Å². The molecule has 1 N–H and O–H groups in total. The number of carboxylic acids is 1. The molecule has 1 aromatic carbocycles. The van der Waals surface area contributed by atoms with Gasteiger partial charge in [0.15, 0.2) is 0 Å². The molecule has 0 radical (unpaired) electrons. The van der Waals surface area contributed by atoms with Gasteiger partial charge in [-0.2, -0.15) is 0 Å². The molecule has 22 heavy (non-hydrogen) atoms. The minimum atomic E-state index is -0.689. The van der Waals surface area contributed by atoms with E-state index in [0.717, 1.165) is 29.6 Å². The van der Waals surface area contributed by atoms with Gasteiger partial charge in [0, 0.05) is 11.4 Å². The van der Waals surface area contributed by atoms with Crippen LogP contribution in [0.15, 0.2) is 34.7 Å². The van der Waals surface area contributed by atoms with E-state index in [-0.39, 0.29) is 6.04 Å². The van der Waals surface area contributed by atoms with Gasteiger partial charge < -0.3 is 9.52 Å². The Labute approximate surface area is 129 Å². The van der Waals surface area contributed by atoms with Crippen LogP contribution < -0.4 is 0 Å². The summed E-state index contributed by atoms with van der Waals surface area (Å²) < 4.78 is 5.90. The Hall–Kier alpha value is -1.81. The van der Waals surface area contributed by atoms with Gasteiger partial charge in [0.05, 0.1) is 6.54 Å². The number of hydrogen-bond donors (Lipinski definition) is 1. The summed E-state index contributed by atoms with van der Waals surface area (Å²) in [5.41, 5.74) is 0.878. The van der Waals surface area contributed by atoms with E-state index in [2.05, 4.69) is 4.90 Å². The first-order valence-electron chi connectivity index (χ1n) is 8.18. The lowest BCUT2D eigenvalue weighted by molar-refractivity contribution is -0.143.